The second-order valence-corrected chi connectivity index (χ2v) is 8.33. The Labute approximate surface area is 181 Å². The first kappa shape index (κ1) is 19.4. The van der Waals surface area contributed by atoms with Gasteiger partial charge in [-0.25, -0.2) is 4.79 Å². The van der Waals surface area contributed by atoms with Crippen LogP contribution in [-0.4, -0.2) is 6.73 Å². The van der Waals surface area contributed by atoms with Crippen LogP contribution in [0.15, 0.2) is 69.9 Å². The van der Waals surface area contributed by atoms with Crippen LogP contribution in [0.4, 0.5) is 5.69 Å². The molecule has 1 aromatic heterocycles. The van der Waals surface area contributed by atoms with Gasteiger partial charge in [-0.1, -0.05) is 48.0 Å². The number of nitrogens with zero attached hydrogens (tertiary/aromatic N) is 1. The molecule has 4 nitrogen and oxygen atoms in total. The third kappa shape index (κ3) is 3.48. The molecule has 1 aliphatic rings. The maximum absolute atomic E-state index is 12.8. The van der Waals surface area contributed by atoms with Crippen LogP contribution < -0.4 is 15.3 Å². The molecule has 0 aliphatic carbocycles. The molecule has 0 amide bonds. The van der Waals surface area contributed by atoms with Crippen LogP contribution in [0.25, 0.3) is 11.0 Å². The smallest absolute Gasteiger partial charge is 0.340 e. The third-order valence-electron chi connectivity index (χ3n) is 6.18. The molecule has 4 aromatic rings. The molecular weight excluding hydrogens is 386 g/mol. The summed E-state index contributed by atoms with van der Waals surface area (Å²) in [4.78, 5) is 15.0. The van der Waals surface area contributed by atoms with Gasteiger partial charge < -0.3 is 14.1 Å². The van der Waals surface area contributed by atoms with Gasteiger partial charge in [0.05, 0.1) is 0 Å². The van der Waals surface area contributed by atoms with Crippen LogP contribution in [0.1, 0.15) is 33.4 Å². The molecule has 0 saturated carbocycles. The van der Waals surface area contributed by atoms with Gasteiger partial charge in [0.1, 0.15) is 11.3 Å². The van der Waals surface area contributed by atoms with Crippen molar-refractivity contribution in [2.45, 2.75) is 33.7 Å². The van der Waals surface area contributed by atoms with E-state index in [1.807, 2.05) is 44.2 Å². The standard InChI is InChI=1S/C27H25NO3/c1-17-9-11-22(12-10-17)28-15-21-14-23-18(2)24(13-20-7-5-4-6-8-20)27(29)31-26(23)19(3)25(21)30-16-28/h4-12,14H,13,15-16H2,1-3H3. The summed E-state index contributed by atoms with van der Waals surface area (Å²) < 4.78 is 11.9. The lowest BCUT2D eigenvalue weighted by molar-refractivity contribution is 0.287. The van der Waals surface area contributed by atoms with Crippen molar-refractivity contribution in [3.63, 3.8) is 0 Å². The van der Waals surface area contributed by atoms with Crippen LogP contribution in [-0.2, 0) is 13.0 Å². The van der Waals surface area contributed by atoms with E-state index in [0.717, 1.165) is 45.6 Å². The largest absolute Gasteiger partial charge is 0.472 e. The summed E-state index contributed by atoms with van der Waals surface area (Å²) in [6, 6.07) is 20.6. The van der Waals surface area contributed by atoms with Gasteiger partial charge in [0.2, 0.25) is 0 Å². The normalized spacial score (nSPS) is 13.2. The third-order valence-corrected chi connectivity index (χ3v) is 6.18. The van der Waals surface area contributed by atoms with E-state index in [1.54, 1.807) is 0 Å². The topological polar surface area (TPSA) is 42.7 Å². The highest BCUT2D eigenvalue weighted by molar-refractivity contribution is 5.87. The summed E-state index contributed by atoms with van der Waals surface area (Å²) in [6.07, 6.45) is 0.563. The van der Waals surface area contributed by atoms with Crippen molar-refractivity contribution in [3.05, 3.63) is 104 Å². The Morgan fingerprint density at radius 2 is 1.68 bits per heavy atom. The Morgan fingerprint density at radius 1 is 0.935 bits per heavy atom. The molecule has 0 saturated heterocycles. The van der Waals surface area contributed by atoms with Crippen molar-refractivity contribution in [2.24, 2.45) is 0 Å². The molecule has 0 spiro atoms. The van der Waals surface area contributed by atoms with Crippen molar-refractivity contribution in [3.8, 4) is 5.75 Å². The van der Waals surface area contributed by atoms with Crippen LogP contribution in [0, 0.1) is 20.8 Å². The lowest BCUT2D eigenvalue weighted by atomic mass is 9.96. The van der Waals surface area contributed by atoms with Crippen molar-refractivity contribution in [2.75, 3.05) is 11.6 Å². The lowest BCUT2D eigenvalue weighted by Gasteiger charge is -2.32. The first-order valence-corrected chi connectivity index (χ1v) is 10.6. The van der Waals surface area contributed by atoms with E-state index in [2.05, 4.69) is 42.2 Å². The summed E-state index contributed by atoms with van der Waals surface area (Å²) in [5.74, 6) is 0.828. The van der Waals surface area contributed by atoms with E-state index in [9.17, 15) is 4.79 Å². The molecule has 5 rings (SSSR count). The van der Waals surface area contributed by atoms with E-state index in [1.165, 1.54) is 5.56 Å². The van der Waals surface area contributed by atoms with Crippen molar-refractivity contribution in [1.82, 2.24) is 0 Å². The van der Waals surface area contributed by atoms with E-state index < -0.39 is 0 Å². The molecule has 1 aliphatic heterocycles. The summed E-state index contributed by atoms with van der Waals surface area (Å²) in [5.41, 5.74) is 7.52. The van der Waals surface area contributed by atoms with Crippen molar-refractivity contribution < 1.29 is 9.15 Å². The van der Waals surface area contributed by atoms with Crippen molar-refractivity contribution in [1.29, 1.82) is 0 Å². The van der Waals surface area contributed by atoms with Gasteiger partial charge in [0.15, 0.2) is 6.73 Å². The molecule has 0 bridgehead atoms. The zero-order chi connectivity index (χ0) is 21.5. The quantitative estimate of drug-likeness (QED) is 0.408. The van der Waals surface area contributed by atoms with Gasteiger partial charge in [0.25, 0.3) is 0 Å². The predicted octanol–water partition coefficient (Wildman–Crippen LogP) is 5.67. The van der Waals surface area contributed by atoms with Crippen molar-refractivity contribution >= 4 is 16.7 Å². The lowest BCUT2D eigenvalue weighted by Crippen LogP contribution is -2.32. The fourth-order valence-electron chi connectivity index (χ4n) is 4.37. The van der Waals surface area contributed by atoms with Gasteiger partial charge in [-0.3, -0.25) is 0 Å². The predicted molar refractivity (Wildman–Crippen MR) is 124 cm³/mol. The molecule has 2 heterocycles. The highest BCUT2D eigenvalue weighted by Gasteiger charge is 2.24. The zero-order valence-electron chi connectivity index (χ0n) is 18.1. The maximum Gasteiger partial charge on any atom is 0.340 e. The van der Waals surface area contributed by atoms with Gasteiger partial charge >= 0.3 is 5.63 Å². The average molecular weight is 412 g/mol. The first-order valence-electron chi connectivity index (χ1n) is 10.6. The van der Waals surface area contributed by atoms with E-state index in [0.29, 0.717) is 24.3 Å². The molecule has 0 unspecified atom stereocenters. The summed E-state index contributed by atoms with van der Waals surface area (Å²) >= 11 is 0. The molecule has 0 atom stereocenters. The van der Waals surface area contributed by atoms with E-state index in [-0.39, 0.29) is 5.63 Å². The van der Waals surface area contributed by atoms with Gasteiger partial charge in [-0.05, 0) is 50.1 Å². The molecule has 0 N–H and O–H groups in total. The molecule has 0 fully saturated rings. The Bertz CT molecular complexity index is 1320. The summed E-state index contributed by atoms with van der Waals surface area (Å²) in [5, 5.41) is 0.983. The average Bonchev–Trinajstić information content (AvgIpc) is 2.79. The van der Waals surface area contributed by atoms with Crippen LogP contribution in [0.2, 0.25) is 0 Å². The monoisotopic (exact) mass is 411 g/mol. The molecule has 156 valence electrons. The number of fused-ring (bicyclic) bond motifs is 2. The minimum Gasteiger partial charge on any atom is -0.472 e. The van der Waals surface area contributed by atoms with Crippen LogP contribution >= 0.6 is 0 Å². The number of hydrogen-bond acceptors (Lipinski definition) is 4. The van der Waals surface area contributed by atoms with Crippen LogP contribution in [0.3, 0.4) is 0 Å². The second kappa shape index (κ2) is 7.62. The van der Waals surface area contributed by atoms with Gasteiger partial charge in [0, 0.05) is 40.7 Å². The minimum absolute atomic E-state index is 0.269. The van der Waals surface area contributed by atoms with Gasteiger partial charge in [-0.2, -0.15) is 0 Å². The first-order chi connectivity index (χ1) is 15.0. The molecule has 0 radical (unpaired) electrons. The second-order valence-electron chi connectivity index (χ2n) is 8.33. The Balaban J connectivity index is 1.59. The SMILES string of the molecule is Cc1ccc(N2COc3c(cc4c(C)c(Cc5ccccc5)c(=O)oc4c3C)C2)cc1. The summed E-state index contributed by atoms with van der Waals surface area (Å²) in [6.45, 7) is 7.30. The van der Waals surface area contributed by atoms with Gasteiger partial charge in [-0.15, -0.1) is 0 Å². The number of anilines is 1. The molecule has 31 heavy (non-hydrogen) atoms. The number of aryl methyl sites for hydroxylation is 3. The summed E-state index contributed by atoms with van der Waals surface area (Å²) in [7, 11) is 0. The van der Waals surface area contributed by atoms with Crippen LogP contribution in [0.5, 0.6) is 5.75 Å². The molecular formula is C27H25NO3. The molecule has 4 heteroatoms. The molecule has 3 aromatic carbocycles. The number of hydrogen-bond donors (Lipinski definition) is 0. The highest BCUT2D eigenvalue weighted by atomic mass is 16.5. The number of rotatable bonds is 3. The minimum atomic E-state index is -0.269. The Hall–Kier alpha value is -3.53. The number of benzene rings is 3. The Morgan fingerprint density at radius 3 is 2.42 bits per heavy atom. The van der Waals surface area contributed by atoms with E-state index >= 15 is 0 Å². The zero-order valence-corrected chi connectivity index (χ0v) is 18.1. The Kier molecular flexibility index (Phi) is 4.78. The van der Waals surface area contributed by atoms with E-state index in [4.69, 9.17) is 9.15 Å². The highest BCUT2D eigenvalue weighted by Crippen LogP contribution is 2.37. The number of ether oxygens (including phenoxy) is 1. The fourth-order valence-corrected chi connectivity index (χ4v) is 4.37. The maximum atomic E-state index is 12.8. The fraction of sp³-hybridized carbons (Fsp3) is 0.222.